The number of carbonyl (C=O) groups excluding carboxylic acids is 2. The monoisotopic (exact) mass is 562 g/mol. The molecule has 6 nitrogen and oxygen atoms in total. The zero-order valence-electron chi connectivity index (χ0n) is 15.1. The van der Waals surface area contributed by atoms with Crippen LogP contribution >= 0.6 is 34.2 Å². The standard InChI is InChI=1S/C17H13ClF5IN4O2/c1-28-12(11(24)13(27-28)16(19,20)17(21,22)23)15(30)26-8-4-5-10(18)9(6-8)14(29)25-7-2-3-7/h4-7H,2-3H2,1H3,(H,25,29)(H,26,30). The van der Waals surface area contributed by atoms with Crippen LogP contribution in [0.15, 0.2) is 18.2 Å². The Balaban J connectivity index is 1.87. The number of aromatic nitrogens is 2. The van der Waals surface area contributed by atoms with Crippen molar-refractivity contribution in [1.29, 1.82) is 0 Å². The summed E-state index contributed by atoms with van der Waals surface area (Å²) in [5.74, 6) is -6.65. The number of halogens is 7. The van der Waals surface area contributed by atoms with Gasteiger partial charge < -0.3 is 10.6 Å². The molecule has 2 amide bonds. The molecule has 2 N–H and O–H groups in total. The van der Waals surface area contributed by atoms with Crippen LogP contribution in [-0.2, 0) is 13.0 Å². The minimum absolute atomic E-state index is 0.0663. The number of alkyl halides is 5. The van der Waals surface area contributed by atoms with E-state index in [9.17, 15) is 31.5 Å². The zero-order chi connectivity index (χ0) is 22.4. The zero-order valence-corrected chi connectivity index (χ0v) is 18.0. The van der Waals surface area contributed by atoms with Crippen LogP contribution < -0.4 is 10.6 Å². The van der Waals surface area contributed by atoms with E-state index in [1.54, 1.807) is 0 Å². The fraction of sp³-hybridized carbons (Fsp3) is 0.353. The number of carbonyl (C=O) groups is 2. The van der Waals surface area contributed by atoms with Crippen LogP contribution in [0.4, 0.5) is 27.6 Å². The summed E-state index contributed by atoms with van der Waals surface area (Å²) in [6.45, 7) is 0. The van der Waals surface area contributed by atoms with Gasteiger partial charge in [0.2, 0.25) is 0 Å². The van der Waals surface area contributed by atoms with Crippen LogP contribution in [0.25, 0.3) is 0 Å². The van der Waals surface area contributed by atoms with Gasteiger partial charge in [-0.25, -0.2) is 0 Å². The fourth-order valence-corrected chi connectivity index (χ4v) is 3.78. The predicted molar refractivity (Wildman–Crippen MR) is 106 cm³/mol. The highest BCUT2D eigenvalue weighted by Gasteiger charge is 2.61. The highest BCUT2D eigenvalue weighted by molar-refractivity contribution is 14.1. The number of benzene rings is 1. The topological polar surface area (TPSA) is 76.0 Å². The number of hydrogen-bond acceptors (Lipinski definition) is 3. The molecule has 0 aliphatic heterocycles. The average molecular weight is 563 g/mol. The summed E-state index contributed by atoms with van der Waals surface area (Å²) in [6.07, 6.45) is -4.16. The van der Waals surface area contributed by atoms with E-state index in [1.807, 2.05) is 0 Å². The van der Waals surface area contributed by atoms with E-state index in [0.29, 0.717) is 4.68 Å². The smallest absolute Gasteiger partial charge is 0.349 e. The Kier molecular flexibility index (Phi) is 6.02. The Morgan fingerprint density at radius 3 is 2.40 bits per heavy atom. The van der Waals surface area contributed by atoms with Crippen molar-refractivity contribution in [1.82, 2.24) is 15.1 Å². The van der Waals surface area contributed by atoms with Gasteiger partial charge in [0, 0.05) is 18.8 Å². The van der Waals surface area contributed by atoms with Crippen molar-refractivity contribution < 1.29 is 31.5 Å². The Morgan fingerprint density at radius 1 is 1.20 bits per heavy atom. The van der Waals surface area contributed by atoms with Gasteiger partial charge in [-0.3, -0.25) is 14.3 Å². The number of amides is 2. The predicted octanol–water partition coefficient (Wildman–Crippen LogP) is 4.48. The number of rotatable bonds is 5. The van der Waals surface area contributed by atoms with Crippen molar-refractivity contribution in [3.63, 3.8) is 0 Å². The van der Waals surface area contributed by atoms with Crippen LogP contribution in [0.3, 0.4) is 0 Å². The summed E-state index contributed by atoms with van der Waals surface area (Å²) in [6, 6.07) is 4.07. The minimum atomic E-state index is -5.87. The molecule has 1 heterocycles. The average Bonchev–Trinajstić information content (AvgIpc) is 3.38. The number of nitrogens with one attached hydrogen (secondary N) is 2. The molecule has 1 aromatic carbocycles. The van der Waals surface area contributed by atoms with Crippen LogP contribution in [0.2, 0.25) is 5.02 Å². The molecule has 2 aromatic rings. The summed E-state index contributed by atoms with van der Waals surface area (Å²) in [5.41, 5.74) is -1.87. The molecule has 162 valence electrons. The van der Waals surface area contributed by atoms with Crippen molar-refractivity contribution in [2.75, 3.05) is 5.32 Å². The van der Waals surface area contributed by atoms with E-state index in [2.05, 4.69) is 15.7 Å². The second-order valence-corrected chi connectivity index (χ2v) is 8.09. The SMILES string of the molecule is Cn1nc(C(F)(F)C(F)(F)F)c(I)c1C(=O)Nc1ccc(Cl)c(C(=O)NC2CC2)c1. The summed E-state index contributed by atoms with van der Waals surface area (Å²) < 4.78 is 65.5. The van der Waals surface area contributed by atoms with E-state index in [-0.39, 0.29) is 22.3 Å². The molecule has 30 heavy (non-hydrogen) atoms. The number of aryl methyl sites for hydroxylation is 1. The lowest BCUT2D eigenvalue weighted by atomic mass is 10.1. The van der Waals surface area contributed by atoms with Gasteiger partial charge in [-0.15, -0.1) is 0 Å². The maximum Gasteiger partial charge on any atom is 0.459 e. The first-order valence-corrected chi connectivity index (χ1v) is 9.88. The summed E-state index contributed by atoms with van der Waals surface area (Å²) in [7, 11) is 1.07. The highest BCUT2D eigenvalue weighted by Crippen LogP contribution is 2.45. The van der Waals surface area contributed by atoms with Gasteiger partial charge in [0.15, 0.2) is 5.69 Å². The van der Waals surface area contributed by atoms with Gasteiger partial charge in [-0.05, 0) is 53.6 Å². The number of nitrogens with zero attached hydrogens (tertiary/aromatic N) is 2. The van der Waals surface area contributed by atoms with Gasteiger partial charge in [-0.2, -0.15) is 27.1 Å². The quantitative estimate of drug-likeness (QED) is 0.417. The molecule has 0 spiro atoms. The molecule has 1 aliphatic rings. The van der Waals surface area contributed by atoms with Crippen LogP contribution in [0.1, 0.15) is 39.4 Å². The molecule has 0 radical (unpaired) electrons. The maximum absolute atomic E-state index is 13.7. The summed E-state index contributed by atoms with van der Waals surface area (Å²) >= 11 is 7.23. The molecular weight excluding hydrogens is 550 g/mol. The van der Waals surface area contributed by atoms with E-state index in [0.717, 1.165) is 19.9 Å². The minimum Gasteiger partial charge on any atom is -0.349 e. The van der Waals surface area contributed by atoms with Crippen molar-refractivity contribution in [2.24, 2.45) is 7.05 Å². The van der Waals surface area contributed by atoms with Gasteiger partial charge in [0.1, 0.15) is 5.69 Å². The fourth-order valence-electron chi connectivity index (χ4n) is 2.54. The number of anilines is 1. The van der Waals surface area contributed by atoms with E-state index in [1.165, 1.54) is 40.8 Å². The molecule has 13 heteroatoms. The molecule has 3 rings (SSSR count). The normalized spacial score (nSPS) is 14.5. The summed E-state index contributed by atoms with van der Waals surface area (Å²) in [5, 5.41) is 8.44. The molecule has 0 bridgehead atoms. The summed E-state index contributed by atoms with van der Waals surface area (Å²) in [4.78, 5) is 24.8. The third-order valence-electron chi connectivity index (χ3n) is 4.24. The molecular formula is C17H13ClF5IN4O2. The first kappa shape index (κ1) is 22.7. The van der Waals surface area contributed by atoms with Gasteiger partial charge >= 0.3 is 12.1 Å². The lowest BCUT2D eigenvalue weighted by molar-refractivity contribution is -0.291. The Bertz CT molecular complexity index is 1020. The molecule has 1 saturated carbocycles. The van der Waals surface area contributed by atoms with Gasteiger partial charge in [-0.1, -0.05) is 11.6 Å². The lowest BCUT2D eigenvalue weighted by Gasteiger charge is -2.17. The third kappa shape index (κ3) is 4.38. The second-order valence-electron chi connectivity index (χ2n) is 6.60. The molecule has 1 aromatic heterocycles. The van der Waals surface area contributed by atoms with E-state index < -0.39 is 38.9 Å². The molecule has 1 fully saturated rings. The maximum atomic E-state index is 13.7. The number of hydrogen-bond donors (Lipinski definition) is 2. The van der Waals surface area contributed by atoms with Crippen LogP contribution in [0, 0.1) is 3.57 Å². The van der Waals surface area contributed by atoms with Crippen molar-refractivity contribution in [2.45, 2.75) is 31.0 Å². The van der Waals surface area contributed by atoms with Gasteiger partial charge in [0.25, 0.3) is 11.8 Å². The Labute approximate surface area is 185 Å². The van der Waals surface area contributed by atoms with E-state index >= 15 is 0 Å². The van der Waals surface area contributed by atoms with E-state index in [4.69, 9.17) is 11.6 Å². The first-order chi connectivity index (χ1) is 13.8. The second kappa shape index (κ2) is 7.94. The Hall–Kier alpha value is -1.96. The van der Waals surface area contributed by atoms with Gasteiger partial charge in [0.05, 0.1) is 14.2 Å². The Morgan fingerprint density at radius 2 is 1.83 bits per heavy atom. The highest BCUT2D eigenvalue weighted by atomic mass is 127. The van der Waals surface area contributed by atoms with Crippen LogP contribution in [-0.4, -0.2) is 33.8 Å². The van der Waals surface area contributed by atoms with Crippen molar-refractivity contribution >= 4 is 51.7 Å². The lowest BCUT2D eigenvalue weighted by Crippen LogP contribution is -2.35. The van der Waals surface area contributed by atoms with Crippen molar-refractivity contribution in [3.8, 4) is 0 Å². The molecule has 1 aliphatic carbocycles. The first-order valence-electron chi connectivity index (χ1n) is 8.42. The molecule has 0 saturated heterocycles. The largest absolute Gasteiger partial charge is 0.459 e. The van der Waals surface area contributed by atoms with Crippen molar-refractivity contribution in [3.05, 3.63) is 43.7 Å². The molecule has 0 atom stereocenters. The van der Waals surface area contributed by atoms with Crippen LogP contribution in [0.5, 0.6) is 0 Å². The third-order valence-corrected chi connectivity index (χ3v) is 5.59. The molecule has 0 unspecified atom stereocenters.